The molecule has 0 aliphatic heterocycles. The van der Waals surface area contributed by atoms with Crippen molar-refractivity contribution in [2.45, 2.75) is 0 Å². The van der Waals surface area contributed by atoms with Gasteiger partial charge in [-0.15, -0.1) is 0 Å². The molecule has 0 saturated heterocycles. The van der Waals surface area contributed by atoms with E-state index in [1.165, 1.54) is 0 Å². The molecule has 48 valence electrons. The third-order valence-corrected chi connectivity index (χ3v) is 0. The average molecular weight is 124 g/mol. The first-order valence-corrected chi connectivity index (χ1v) is 0. The molecule has 0 aliphatic carbocycles. The summed E-state index contributed by atoms with van der Waals surface area (Å²) in [5.74, 6) is 0. The predicted octanol–water partition coefficient (Wildman–Crippen LogP) is -4.07. The van der Waals surface area contributed by atoms with E-state index in [0.29, 0.717) is 0 Å². The first-order chi connectivity index (χ1) is 0. The van der Waals surface area contributed by atoms with E-state index in [9.17, 15) is 0 Å². The zero-order chi connectivity index (χ0) is 0. The van der Waals surface area contributed by atoms with Gasteiger partial charge in [0.15, 0.2) is 0 Å². The third-order valence-electron chi connectivity index (χ3n) is 0. The Kier molecular flexibility index (Phi) is 950000. The van der Waals surface area contributed by atoms with Crippen molar-refractivity contribution in [3.8, 4) is 0 Å². The van der Waals surface area contributed by atoms with Crippen molar-refractivity contribution in [3.05, 3.63) is 0 Å². The monoisotopic (exact) mass is 124 g/mol. The van der Waals surface area contributed by atoms with Gasteiger partial charge in [-0.05, 0) is 0 Å². The van der Waals surface area contributed by atoms with Gasteiger partial charge in [0, 0.05) is 0 Å². The van der Waals surface area contributed by atoms with Crippen LogP contribution < -0.4 is 0 Å². The molecule has 0 radical (unpaired) electrons. The largest absolute Gasteiger partial charge is 0.412 e. The van der Waals surface area contributed by atoms with Crippen molar-refractivity contribution in [1.29, 1.82) is 0 Å². The van der Waals surface area contributed by atoms with E-state index >= 15 is 0 Å². The minimum absolute atomic E-state index is 0. The third kappa shape index (κ3) is 834. The summed E-state index contributed by atoms with van der Waals surface area (Å²) < 4.78 is 0. The molecule has 0 saturated carbocycles. The second-order valence-corrected chi connectivity index (χ2v) is 0. The van der Waals surface area contributed by atoms with E-state index in [-0.39, 0.29) is 37.3 Å². The van der Waals surface area contributed by atoms with Crippen molar-refractivity contribution in [2.24, 2.45) is 0 Å². The van der Waals surface area contributed by atoms with Crippen LogP contribution in [0.1, 0.15) is 0 Å². The summed E-state index contributed by atoms with van der Waals surface area (Å²) in [6.45, 7) is 0. The molecule has 0 heterocycles. The van der Waals surface area contributed by atoms with Crippen LogP contribution >= 0.6 is 9.90 Å². The minimum atomic E-state index is 0. The highest BCUT2D eigenvalue weighted by Gasteiger charge is -0.153. The molecule has 0 fully saturated rings. The Hall–Kier alpha value is 0.230. The molecule has 6 heteroatoms. The summed E-state index contributed by atoms with van der Waals surface area (Å²) in [4.78, 5) is 0. The van der Waals surface area contributed by atoms with Gasteiger partial charge in [-0.3, -0.25) is 0 Å². The van der Waals surface area contributed by atoms with Crippen LogP contribution in [0.5, 0.6) is 0 Å². The lowest BCUT2D eigenvalue weighted by molar-refractivity contribution is 0.823. The van der Waals surface area contributed by atoms with Gasteiger partial charge < -0.3 is 27.4 Å². The van der Waals surface area contributed by atoms with Crippen LogP contribution in [0.3, 0.4) is 0 Å². The van der Waals surface area contributed by atoms with E-state index in [0.717, 1.165) is 0 Å². The molecule has 5 nitrogen and oxygen atoms in total. The molecular formula is H13O5P. The van der Waals surface area contributed by atoms with Gasteiger partial charge in [-0.2, -0.15) is 9.90 Å². The lowest BCUT2D eigenvalue weighted by Gasteiger charge is -0.413. The Morgan fingerprint density at radius 1 is 0.333 bits per heavy atom. The molecule has 1 unspecified atom stereocenters. The van der Waals surface area contributed by atoms with Crippen LogP contribution in [-0.2, 0) is 0 Å². The Morgan fingerprint density at radius 3 is 0.333 bits per heavy atom. The molecule has 0 aliphatic rings. The Morgan fingerprint density at radius 2 is 0.333 bits per heavy atom. The van der Waals surface area contributed by atoms with Crippen LogP contribution in [0.25, 0.3) is 0 Å². The van der Waals surface area contributed by atoms with Crippen LogP contribution in [0.2, 0.25) is 0 Å². The fourth-order valence-corrected chi connectivity index (χ4v) is 0. The second kappa shape index (κ2) is 1770. The van der Waals surface area contributed by atoms with Crippen molar-refractivity contribution >= 4 is 9.90 Å². The van der Waals surface area contributed by atoms with Gasteiger partial charge in [0.2, 0.25) is 0 Å². The fourth-order valence-electron chi connectivity index (χ4n) is 0. The first-order valence-electron chi connectivity index (χ1n) is 0. The van der Waals surface area contributed by atoms with E-state index in [4.69, 9.17) is 0 Å². The van der Waals surface area contributed by atoms with Gasteiger partial charge in [0.25, 0.3) is 0 Å². The summed E-state index contributed by atoms with van der Waals surface area (Å²) in [5.41, 5.74) is 0. The lowest BCUT2D eigenvalue weighted by Crippen LogP contribution is -0.290. The number of hydrogen-bond acceptors (Lipinski definition) is 0. The highest BCUT2D eigenvalue weighted by atomic mass is 31.0. The molecule has 0 bridgehead atoms. The van der Waals surface area contributed by atoms with Crippen LogP contribution in [0.15, 0.2) is 0 Å². The second-order valence-electron chi connectivity index (χ2n) is 0. The summed E-state index contributed by atoms with van der Waals surface area (Å²) in [7, 11) is 0. The molecular weight excluding hydrogens is 111 g/mol. The van der Waals surface area contributed by atoms with Crippen LogP contribution in [0, 0.1) is 0 Å². The molecule has 6 heavy (non-hydrogen) atoms. The summed E-state index contributed by atoms with van der Waals surface area (Å²) in [6, 6.07) is 0. The van der Waals surface area contributed by atoms with Gasteiger partial charge in [-0.1, -0.05) is 0 Å². The van der Waals surface area contributed by atoms with Crippen LogP contribution in [-0.4, -0.2) is 27.4 Å². The Labute approximate surface area is 38.5 Å². The number of rotatable bonds is 0. The average Bonchev–Trinajstić information content (AvgIpc) is 0. The molecule has 0 rings (SSSR count). The number of hydrogen-bond donors (Lipinski definition) is 0. The Balaban J connectivity index is 0. The smallest absolute Gasteiger partial charge is 0.153 e. The van der Waals surface area contributed by atoms with Crippen molar-refractivity contribution in [1.82, 2.24) is 0 Å². The normalized spacial score (nSPS) is 0. The zero-order valence-corrected chi connectivity index (χ0v) is 4.62. The zero-order valence-electron chi connectivity index (χ0n) is 3.21. The summed E-state index contributed by atoms with van der Waals surface area (Å²) in [6.07, 6.45) is 0. The molecule has 0 aromatic carbocycles. The maximum atomic E-state index is 0. The summed E-state index contributed by atoms with van der Waals surface area (Å²) in [5, 5.41) is 0. The summed E-state index contributed by atoms with van der Waals surface area (Å²) >= 11 is 0. The quantitative estimate of drug-likeness (QED) is 0.288. The minimum Gasteiger partial charge on any atom is -0.412 e. The van der Waals surface area contributed by atoms with Crippen molar-refractivity contribution < 1.29 is 27.4 Å². The topological polar surface area (TPSA) is 158 Å². The van der Waals surface area contributed by atoms with Gasteiger partial charge in [-0.25, -0.2) is 0 Å². The Bertz CT molecular complexity index is 3.90. The first kappa shape index (κ1) is 3220. The van der Waals surface area contributed by atoms with E-state index in [1.54, 1.807) is 0 Å². The standard InChI is InChI=1S/5H2O.H3P/h5*1H2;1H3. The SMILES string of the molecule is O.O.O.O.O.P. The van der Waals surface area contributed by atoms with E-state index < -0.39 is 0 Å². The highest BCUT2D eigenvalue weighted by Crippen LogP contribution is 0.861. The van der Waals surface area contributed by atoms with Crippen molar-refractivity contribution in [3.63, 3.8) is 0 Å². The van der Waals surface area contributed by atoms with Gasteiger partial charge >= 0.3 is 0 Å². The molecule has 10 N–H and O–H groups in total. The highest BCUT2D eigenvalue weighted by molar-refractivity contribution is 6.92. The van der Waals surface area contributed by atoms with Gasteiger partial charge in [0.1, 0.15) is 0 Å². The van der Waals surface area contributed by atoms with E-state index in [2.05, 4.69) is 0 Å². The van der Waals surface area contributed by atoms with E-state index in [1.807, 2.05) is 0 Å². The molecule has 0 spiro atoms. The molecule has 0 amide bonds. The maximum Gasteiger partial charge on any atom is -0.153 e. The van der Waals surface area contributed by atoms with Gasteiger partial charge in [0.05, 0.1) is 0 Å². The fraction of sp³-hybridized carbons (Fsp3) is 0. The predicted molar refractivity (Wildman–Crippen MR) is 29.2 cm³/mol. The lowest BCUT2D eigenvalue weighted by atomic mass is 16.0. The van der Waals surface area contributed by atoms with Crippen molar-refractivity contribution in [2.75, 3.05) is 0 Å². The molecule has 1 atom stereocenters. The van der Waals surface area contributed by atoms with Crippen LogP contribution in [0.4, 0.5) is 0 Å². The maximum absolute atomic E-state index is 0. The molecule has 0 aromatic rings. The molecule has 0 aromatic heterocycles.